The van der Waals surface area contributed by atoms with Crippen molar-refractivity contribution in [2.75, 3.05) is 0 Å². The van der Waals surface area contributed by atoms with Crippen LogP contribution in [0.5, 0.6) is 0 Å². The van der Waals surface area contributed by atoms with Gasteiger partial charge in [-0.3, -0.25) is 0 Å². The molecule has 3 rings (SSSR count). The summed E-state index contributed by atoms with van der Waals surface area (Å²) < 4.78 is 26.7. The third-order valence-electron chi connectivity index (χ3n) is 4.75. The van der Waals surface area contributed by atoms with Crippen molar-refractivity contribution in [3.05, 3.63) is 47.7 Å². The molecule has 1 aromatic rings. The van der Waals surface area contributed by atoms with Crippen LogP contribution < -0.4 is 0 Å². The Balaban J connectivity index is 1.97. The van der Waals surface area contributed by atoms with Gasteiger partial charge >= 0.3 is 156 Å². The van der Waals surface area contributed by atoms with Crippen LogP contribution in [0.25, 0.3) is 5.57 Å². The minimum atomic E-state index is -3.62. The van der Waals surface area contributed by atoms with Crippen LogP contribution in [0.15, 0.2) is 47.0 Å². The topological polar surface area (TPSA) is 54.5 Å². The van der Waals surface area contributed by atoms with Gasteiger partial charge < -0.3 is 0 Å². The van der Waals surface area contributed by atoms with Crippen molar-refractivity contribution < 1.29 is 34.5 Å². The van der Waals surface area contributed by atoms with Gasteiger partial charge in [-0.2, -0.15) is 0 Å². The second-order valence-corrected chi connectivity index (χ2v) is 10.6. The molecule has 24 heavy (non-hydrogen) atoms. The van der Waals surface area contributed by atoms with Gasteiger partial charge in [0.05, 0.1) is 0 Å². The molecule has 1 fully saturated rings. The number of hydrogen-bond acceptors (Lipinski definition) is 3. The van der Waals surface area contributed by atoms with Gasteiger partial charge in [-0.1, -0.05) is 0 Å². The van der Waals surface area contributed by atoms with Crippen molar-refractivity contribution in [1.82, 2.24) is 2.71 Å². The molecule has 0 atom stereocenters. The van der Waals surface area contributed by atoms with Crippen LogP contribution in [0.1, 0.15) is 44.6 Å². The molecule has 6 heteroatoms. The van der Waals surface area contributed by atoms with Gasteiger partial charge in [0, 0.05) is 0 Å². The van der Waals surface area contributed by atoms with E-state index in [4.69, 9.17) is 0 Å². The Morgan fingerprint density at radius 1 is 1.21 bits per heavy atom. The maximum absolute atomic E-state index is 12.7. The Morgan fingerprint density at radius 2 is 1.88 bits per heavy atom. The van der Waals surface area contributed by atoms with Crippen molar-refractivity contribution in [2.24, 2.45) is 5.92 Å². The Kier molecular flexibility index (Phi) is 5.16. The first-order chi connectivity index (χ1) is 11.4. The van der Waals surface area contributed by atoms with E-state index < -0.39 is 10.0 Å². The number of sulfonamides is 1. The first-order valence-electron chi connectivity index (χ1n) is 8.20. The fraction of sp³-hybridized carbons (Fsp3) is 0.389. The van der Waals surface area contributed by atoms with Crippen LogP contribution in [0.4, 0.5) is 0 Å². The number of ketones is 1. The van der Waals surface area contributed by atoms with E-state index in [1.54, 1.807) is 30.3 Å². The molecule has 1 aliphatic heterocycles. The summed E-state index contributed by atoms with van der Waals surface area (Å²) in [7, 11) is -3.62. The van der Waals surface area contributed by atoms with Gasteiger partial charge in [-0.25, -0.2) is 0 Å². The van der Waals surface area contributed by atoms with Crippen molar-refractivity contribution in [1.29, 1.82) is 0 Å². The summed E-state index contributed by atoms with van der Waals surface area (Å²) in [6, 6.07) is 6.89. The average Bonchev–Trinajstić information content (AvgIpc) is 2.60. The molecule has 0 spiro atoms. The quantitative estimate of drug-likeness (QED) is 0.584. The van der Waals surface area contributed by atoms with Crippen LogP contribution >= 0.6 is 0 Å². The summed E-state index contributed by atoms with van der Waals surface area (Å²) >= 11 is 0.488. The SMILES string of the molecule is CC1=C(C(=O)/C=C/C2CCCCC2)[N]([Ta])S(=O)(=O)c2ccccc21. The van der Waals surface area contributed by atoms with Gasteiger partial charge in [0.25, 0.3) is 0 Å². The van der Waals surface area contributed by atoms with Crippen LogP contribution in [-0.4, -0.2) is 16.9 Å². The summed E-state index contributed by atoms with van der Waals surface area (Å²) in [6.45, 7) is 1.83. The van der Waals surface area contributed by atoms with E-state index >= 15 is 0 Å². The third kappa shape index (κ3) is 3.18. The monoisotopic (exact) mass is 511 g/mol. The predicted molar refractivity (Wildman–Crippen MR) is 88.8 cm³/mol. The molecule has 0 unspecified atom stereocenters. The molecule has 0 bridgehead atoms. The number of carbonyl (C=O) groups is 1. The van der Waals surface area contributed by atoms with E-state index in [0.717, 1.165) is 18.4 Å². The summed E-state index contributed by atoms with van der Waals surface area (Å²) in [5, 5.41) is 0. The molecule has 4 nitrogen and oxygen atoms in total. The standard InChI is InChI=1S/C18H20NO3S.Ta/c1-13-15-9-5-6-10-17(15)23(21,22)19-18(13)16(20)12-11-14-7-3-2-4-8-14;/h5-6,9-12,14H,2-4,7-8H2,1H3;/q-1;+1/b12-11+;. The third-order valence-corrected chi connectivity index (χ3v) is 9.33. The molecule has 0 aromatic heterocycles. The number of rotatable bonds is 3. The van der Waals surface area contributed by atoms with Gasteiger partial charge in [0.15, 0.2) is 0 Å². The molecule has 0 radical (unpaired) electrons. The molecule has 126 valence electrons. The Bertz CT molecular complexity index is 820. The number of nitrogens with zero attached hydrogens (tertiary/aromatic N) is 1. The van der Waals surface area contributed by atoms with Gasteiger partial charge in [-0.05, 0) is 0 Å². The van der Waals surface area contributed by atoms with Crippen LogP contribution in [0.3, 0.4) is 0 Å². The van der Waals surface area contributed by atoms with Crippen LogP contribution in [0, 0.1) is 5.92 Å². The van der Waals surface area contributed by atoms with E-state index in [1.807, 2.05) is 13.0 Å². The summed E-state index contributed by atoms with van der Waals surface area (Å²) in [4.78, 5) is 13.0. The Morgan fingerprint density at radius 3 is 2.58 bits per heavy atom. The van der Waals surface area contributed by atoms with Gasteiger partial charge in [0.2, 0.25) is 0 Å². The summed E-state index contributed by atoms with van der Waals surface area (Å²) in [5.74, 6) is 0.231. The number of hydrogen-bond donors (Lipinski definition) is 0. The molecule has 0 saturated heterocycles. The summed E-state index contributed by atoms with van der Waals surface area (Å²) in [6.07, 6.45) is 9.47. The molecule has 1 aromatic carbocycles. The van der Waals surface area contributed by atoms with E-state index in [-0.39, 0.29) is 10.7 Å². The first-order valence-corrected chi connectivity index (χ1v) is 11.1. The predicted octanol–water partition coefficient (Wildman–Crippen LogP) is 3.59. The Labute approximate surface area is 155 Å². The fourth-order valence-corrected chi connectivity index (χ4v) is 6.64. The molecule has 1 aliphatic carbocycles. The zero-order valence-electron chi connectivity index (χ0n) is 13.6. The zero-order valence-corrected chi connectivity index (χ0v) is 17.6. The van der Waals surface area contributed by atoms with Crippen LogP contribution in [-0.2, 0) is 36.1 Å². The second kappa shape index (κ2) is 7.00. The first kappa shape index (κ1) is 17.7. The number of carbonyl (C=O) groups excluding carboxylic acids is 1. The number of fused-ring (bicyclic) bond motifs is 1. The maximum atomic E-state index is 12.7. The second-order valence-electron chi connectivity index (χ2n) is 6.34. The number of benzene rings is 1. The fourth-order valence-electron chi connectivity index (χ4n) is 3.39. The van der Waals surface area contributed by atoms with E-state index in [2.05, 4.69) is 0 Å². The van der Waals surface area contributed by atoms with Gasteiger partial charge in [0.1, 0.15) is 0 Å². The molecule has 0 N–H and O–H groups in total. The van der Waals surface area contributed by atoms with Crippen molar-refractivity contribution in [2.45, 2.75) is 43.9 Å². The van der Waals surface area contributed by atoms with Crippen LogP contribution in [0.2, 0.25) is 0 Å². The van der Waals surface area contributed by atoms with Crippen molar-refractivity contribution in [3.8, 4) is 0 Å². The zero-order chi connectivity index (χ0) is 17.3. The van der Waals surface area contributed by atoms with E-state index in [1.165, 1.54) is 22.0 Å². The number of allylic oxidation sites excluding steroid dienone is 3. The normalized spacial score (nSPS) is 21.1. The minimum absolute atomic E-state index is 0.210. The Hall–Kier alpha value is -1.14. The van der Waals surface area contributed by atoms with Crippen molar-refractivity contribution in [3.63, 3.8) is 0 Å². The summed E-state index contributed by atoms with van der Waals surface area (Å²) in [5.41, 5.74) is 1.67. The molecular formula is C18H20NO3STa. The molecular weight excluding hydrogens is 491 g/mol. The molecule has 1 heterocycles. The molecule has 2 aliphatic rings. The van der Waals surface area contributed by atoms with Crippen molar-refractivity contribution >= 4 is 21.4 Å². The average molecular weight is 511 g/mol. The van der Waals surface area contributed by atoms with Gasteiger partial charge in [-0.15, -0.1) is 0 Å². The van der Waals surface area contributed by atoms with E-state index in [0.29, 0.717) is 38.5 Å². The molecule has 0 amide bonds. The molecule has 1 saturated carbocycles. The van der Waals surface area contributed by atoms with E-state index in [9.17, 15) is 13.2 Å².